The highest BCUT2D eigenvalue weighted by molar-refractivity contribution is 14.0. The van der Waals surface area contributed by atoms with Gasteiger partial charge in [-0.15, -0.1) is 24.0 Å². The van der Waals surface area contributed by atoms with Gasteiger partial charge in [0, 0.05) is 26.3 Å². The number of guanidine groups is 1. The summed E-state index contributed by atoms with van der Waals surface area (Å²) < 4.78 is 18.4. The summed E-state index contributed by atoms with van der Waals surface area (Å²) in [6.07, 6.45) is 2.06. The van der Waals surface area contributed by atoms with E-state index in [-0.39, 0.29) is 29.8 Å². The van der Waals surface area contributed by atoms with Crippen LogP contribution in [0.4, 0.5) is 4.39 Å². The van der Waals surface area contributed by atoms with Crippen LogP contribution >= 0.6 is 24.0 Å². The minimum atomic E-state index is -0.225. The van der Waals surface area contributed by atoms with Crippen molar-refractivity contribution in [3.8, 4) is 0 Å². The van der Waals surface area contributed by atoms with E-state index in [2.05, 4.69) is 15.6 Å². The van der Waals surface area contributed by atoms with Crippen molar-refractivity contribution in [2.24, 2.45) is 4.99 Å². The molecule has 0 spiro atoms. The first kappa shape index (κ1) is 21.1. The highest BCUT2D eigenvalue weighted by Crippen LogP contribution is 2.04. The number of unbranched alkanes of at least 4 members (excludes halogenated alkanes) is 1. The summed E-state index contributed by atoms with van der Waals surface area (Å²) in [6, 6.07) is 6.52. The summed E-state index contributed by atoms with van der Waals surface area (Å²) >= 11 is 0. The molecule has 0 aliphatic carbocycles. The number of ether oxygens (including phenoxy) is 1. The molecule has 0 saturated carbocycles. The van der Waals surface area contributed by atoms with Crippen LogP contribution in [-0.2, 0) is 11.3 Å². The molecule has 0 unspecified atom stereocenters. The Kier molecular flexibility index (Phi) is 13.2. The molecule has 0 bridgehead atoms. The Morgan fingerprint density at radius 3 is 2.73 bits per heavy atom. The second kappa shape index (κ2) is 13.8. The molecule has 22 heavy (non-hydrogen) atoms. The summed E-state index contributed by atoms with van der Waals surface area (Å²) in [5.41, 5.74) is 0.864. The molecule has 1 rings (SSSR count). The topological polar surface area (TPSA) is 45.7 Å². The lowest BCUT2D eigenvalue weighted by Gasteiger charge is -2.11. The van der Waals surface area contributed by atoms with Crippen LogP contribution in [0.3, 0.4) is 0 Å². The molecule has 0 atom stereocenters. The van der Waals surface area contributed by atoms with Crippen LogP contribution in [0.25, 0.3) is 0 Å². The number of hydrogen-bond donors (Lipinski definition) is 2. The lowest BCUT2D eigenvalue weighted by Crippen LogP contribution is -2.37. The first-order valence-corrected chi connectivity index (χ1v) is 7.60. The molecule has 0 saturated heterocycles. The Hall–Kier alpha value is -0.890. The fourth-order valence-electron chi connectivity index (χ4n) is 1.83. The molecule has 6 heteroatoms. The Morgan fingerprint density at radius 1 is 1.23 bits per heavy atom. The van der Waals surface area contributed by atoms with Gasteiger partial charge in [-0.1, -0.05) is 12.1 Å². The molecule has 2 N–H and O–H groups in total. The number of aliphatic imine (C=N–C) groups is 1. The summed E-state index contributed by atoms with van der Waals surface area (Å²) in [7, 11) is 0. The number of nitrogens with zero attached hydrogens (tertiary/aromatic N) is 1. The average molecular weight is 423 g/mol. The summed E-state index contributed by atoms with van der Waals surface area (Å²) in [5, 5.41) is 6.46. The monoisotopic (exact) mass is 423 g/mol. The molecule has 1 aromatic carbocycles. The number of hydrogen-bond acceptors (Lipinski definition) is 2. The number of halogens is 2. The first-order valence-electron chi connectivity index (χ1n) is 7.60. The first-order chi connectivity index (χ1) is 10.3. The van der Waals surface area contributed by atoms with Gasteiger partial charge in [0.25, 0.3) is 0 Å². The van der Waals surface area contributed by atoms with Crippen molar-refractivity contribution in [3.63, 3.8) is 0 Å². The molecule has 126 valence electrons. The van der Waals surface area contributed by atoms with Gasteiger partial charge in [0.15, 0.2) is 5.96 Å². The van der Waals surface area contributed by atoms with Gasteiger partial charge in [-0.25, -0.2) is 9.38 Å². The van der Waals surface area contributed by atoms with E-state index >= 15 is 0 Å². The SMILES string of the molecule is CCNC(=NCc1cccc(F)c1)NCCCCOCC.I. The van der Waals surface area contributed by atoms with Crippen LogP contribution < -0.4 is 10.6 Å². The van der Waals surface area contributed by atoms with Crippen LogP contribution in [0.15, 0.2) is 29.3 Å². The van der Waals surface area contributed by atoms with E-state index in [0.717, 1.165) is 50.7 Å². The molecule has 0 aliphatic rings. The third-order valence-corrected chi connectivity index (χ3v) is 2.87. The van der Waals surface area contributed by atoms with Crippen LogP contribution in [-0.4, -0.2) is 32.3 Å². The van der Waals surface area contributed by atoms with Crippen LogP contribution in [0.1, 0.15) is 32.3 Å². The predicted molar refractivity (Wildman–Crippen MR) is 100 cm³/mol. The second-order valence-corrected chi connectivity index (χ2v) is 4.66. The van der Waals surface area contributed by atoms with Gasteiger partial charge >= 0.3 is 0 Å². The van der Waals surface area contributed by atoms with Gasteiger partial charge in [0.1, 0.15) is 5.82 Å². The fraction of sp³-hybridized carbons (Fsp3) is 0.562. The molecule has 0 amide bonds. The third kappa shape index (κ3) is 9.94. The van der Waals surface area contributed by atoms with Crippen molar-refractivity contribution in [2.45, 2.75) is 33.2 Å². The standard InChI is InChI=1S/C16H26FN3O.HI/c1-3-18-16(19-10-5-6-11-21-4-2)20-13-14-8-7-9-15(17)12-14;/h7-9,12H,3-6,10-11,13H2,1-2H3,(H2,18,19,20);1H. The van der Waals surface area contributed by atoms with Crippen LogP contribution in [0, 0.1) is 5.82 Å². The van der Waals surface area contributed by atoms with Gasteiger partial charge in [0.2, 0.25) is 0 Å². The van der Waals surface area contributed by atoms with Crippen molar-refractivity contribution < 1.29 is 9.13 Å². The quantitative estimate of drug-likeness (QED) is 0.277. The van der Waals surface area contributed by atoms with Crippen molar-refractivity contribution in [3.05, 3.63) is 35.6 Å². The lowest BCUT2D eigenvalue weighted by molar-refractivity contribution is 0.143. The van der Waals surface area contributed by atoms with Crippen molar-refractivity contribution in [2.75, 3.05) is 26.3 Å². The molecule has 1 aromatic rings. The zero-order chi connectivity index (χ0) is 15.3. The average Bonchev–Trinajstić information content (AvgIpc) is 2.48. The zero-order valence-electron chi connectivity index (χ0n) is 13.4. The highest BCUT2D eigenvalue weighted by Gasteiger charge is 1.98. The molecule has 0 aromatic heterocycles. The van der Waals surface area contributed by atoms with Crippen LogP contribution in [0.2, 0.25) is 0 Å². The molecule has 4 nitrogen and oxygen atoms in total. The minimum Gasteiger partial charge on any atom is -0.382 e. The van der Waals surface area contributed by atoms with E-state index in [1.807, 2.05) is 19.9 Å². The van der Waals surface area contributed by atoms with Crippen molar-refractivity contribution in [1.82, 2.24) is 10.6 Å². The minimum absolute atomic E-state index is 0. The van der Waals surface area contributed by atoms with E-state index in [4.69, 9.17) is 4.74 Å². The molecule has 0 radical (unpaired) electrons. The summed E-state index contributed by atoms with van der Waals surface area (Å²) in [6.45, 7) is 7.71. The van der Waals surface area contributed by atoms with Gasteiger partial charge in [-0.05, 0) is 44.4 Å². The maximum Gasteiger partial charge on any atom is 0.191 e. The second-order valence-electron chi connectivity index (χ2n) is 4.66. The van der Waals surface area contributed by atoms with Crippen molar-refractivity contribution >= 4 is 29.9 Å². The Balaban J connectivity index is 0.00000441. The smallest absolute Gasteiger partial charge is 0.191 e. The normalized spacial score (nSPS) is 11.0. The van der Waals surface area contributed by atoms with Gasteiger partial charge < -0.3 is 15.4 Å². The lowest BCUT2D eigenvalue weighted by atomic mass is 10.2. The Morgan fingerprint density at radius 2 is 2.05 bits per heavy atom. The Bertz CT molecular complexity index is 430. The molecule has 0 heterocycles. The van der Waals surface area contributed by atoms with Gasteiger partial charge in [-0.2, -0.15) is 0 Å². The largest absolute Gasteiger partial charge is 0.382 e. The summed E-state index contributed by atoms with van der Waals surface area (Å²) in [4.78, 5) is 4.46. The van der Waals surface area contributed by atoms with E-state index in [0.29, 0.717) is 6.54 Å². The molecule has 0 fully saturated rings. The fourth-order valence-corrected chi connectivity index (χ4v) is 1.83. The van der Waals surface area contributed by atoms with E-state index in [9.17, 15) is 4.39 Å². The van der Waals surface area contributed by atoms with E-state index in [1.165, 1.54) is 12.1 Å². The Labute approximate surface area is 149 Å². The number of rotatable bonds is 9. The van der Waals surface area contributed by atoms with E-state index < -0.39 is 0 Å². The van der Waals surface area contributed by atoms with Crippen LogP contribution in [0.5, 0.6) is 0 Å². The van der Waals surface area contributed by atoms with Gasteiger partial charge in [0.05, 0.1) is 6.54 Å². The van der Waals surface area contributed by atoms with Crippen molar-refractivity contribution in [1.29, 1.82) is 0 Å². The van der Waals surface area contributed by atoms with E-state index in [1.54, 1.807) is 6.07 Å². The zero-order valence-corrected chi connectivity index (χ0v) is 15.7. The highest BCUT2D eigenvalue weighted by atomic mass is 127. The number of benzene rings is 1. The molecular formula is C16H27FIN3O. The predicted octanol–water partition coefficient (Wildman–Crippen LogP) is 3.32. The number of nitrogens with one attached hydrogen (secondary N) is 2. The molecular weight excluding hydrogens is 396 g/mol. The maximum atomic E-state index is 13.1. The van der Waals surface area contributed by atoms with Gasteiger partial charge in [-0.3, -0.25) is 0 Å². The third-order valence-electron chi connectivity index (χ3n) is 2.87. The molecule has 0 aliphatic heterocycles. The summed E-state index contributed by atoms with van der Waals surface area (Å²) in [5.74, 6) is 0.537. The maximum absolute atomic E-state index is 13.1.